The van der Waals surface area contributed by atoms with Crippen molar-refractivity contribution in [2.45, 2.75) is 70.2 Å². The molecule has 12 nitrogen and oxygen atoms in total. The van der Waals surface area contributed by atoms with Gasteiger partial charge in [0.25, 0.3) is 5.91 Å². The molecule has 3 heterocycles. The van der Waals surface area contributed by atoms with Gasteiger partial charge in [-0.15, -0.1) is 0 Å². The highest BCUT2D eigenvalue weighted by Gasteiger charge is 2.44. The Morgan fingerprint density at radius 2 is 1.40 bits per heavy atom. The Bertz CT molecular complexity index is 2200. The summed E-state index contributed by atoms with van der Waals surface area (Å²) in [6, 6.07) is 35.7. The summed E-state index contributed by atoms with van der Waals surface area (Å²) in [6.45, 7) is 11.1. The normalized spacial score (nSPS) is 17.6. The number of nitrogens with one attached hydrogen (secondary N) is 1. The highest BCUT2D eigenvalue weighted by molar-refractivity contribution is 7.49. The van der Waals surface area contributed by atoms with Gasteiger partial charge in [-0.25, -0.2) is 15.0 Å². The molecule has 1 amide bonds. The minimum atomic E-state index is -1.05. The summed E-state index contributed by atoms with van der Waals surface area (Å²) in [6.07, 6.45) is 2.28. The maximum Gasteiger partial charge on any atom is 0.256 e. The molecule has 302 valence electrons. The maximum atomic E-state index is 13.1. The number of anilines is 1. The monoisotopic (exact) mass is 802 g/mol. The molecule has 0 spiro atoms. The number of benzene rings is 4. The van der Waals surface area contributed by atoms with Crippen LogP contribution in [0.25, 0.3) is 11.2 Å². The van der Waals surface area contributed by atoms with Crippen LogP contribution in [0.1, 0.15) is 67.4 Å². The molecular weight excluding hydrogens is 752 g/mol. The van der Waals surface area contributed by atoms with Crippen LogP contribution in [-0.4, -0.2) is 81.9 Å². The average molecular weight is 803 g/mol. The lowest BCUT2D eigenvalue weighted by Gasteiger charge is -2.39. The number of methoxy groups -OCH3 is 2. The Morgan fingerprint density at radius 3 is 1.97 bits per heavy atom. The van der Waals surface area contributed by atoms with Crippen LogP contribution in [0, 0.1) is 0 Å². The molecule has 0 bridgehead atoms. The van der Waals surface area contributed by atoms with E-state index in [2.05, 4.69) is 71.4 Å². The van der Waals surface area contributed by atoms with E-state index in [9.17, 15) is 4.79 Å². The quantitative estimate of drug-likeness (QED) is 0.0751. The van der Waals surface area contributed by atoms with Gasteiger partial charge in [-0.1, -0.05) is 72.8 Å². The number of carbonyl (C=O) groups is 1. The molecule has 58 heavy (non-hydrogen) atoms. The third-order valence-corrected chi connectivity index (χ3v) is 12.6. The predicted octanol–water partition coefficient (Wildman–Crippen LogP) is 8.84. The lowest BCUT2D eigenvalue weighted by Crippen LogP contribution is -2.39. The van der Waals surface area contributed by atoms with Crippen molar-refractivity contribution in [3.63, 3.8) is 0 Å². The van der Waals surface area contributed by atoms with E-state index in [1.54, 1.807) is 32.7 Å². The van der Waals surface area contributed by atoms with Crippen LogP contribution in [0.3, 0.4) is 0 Å². The first-order valence-corrected chi connectivity index (χ1v) is 21.2. The summed E-state index contributed by atoms with van der Waals surface area (Å²) in [4.78, 5) is 26.8. The highest BCUT2D eigenvalue weighted by atomic mass is 31.2. The molecule has 6 aromatic rings. The van der Waals surface area contributed by atoms with Crippen molar-refractivity contribution in [2.24, 2.45) is 0 Å². The number of ether oxygens (including phenoxy) is 4. The van der Waals surface area contributed by atoms with E-state index >= 15 is 0 Å². The first kappa shape index (κ1) is 40.9. The van der Waals surface area contributed by atoms with E-state index in [-0.39, 0.29) is 30.7 Å². The number of aromatic nitrogens is 4. The Labute approximate surface area is 341 Å². The number of amides is 1. The Balaban J connectivity index is 1.26. The third kappa shape index (κ3) is 8.48. The fourth-order valence-corrected chi connectivity index (χ4v) is 9.86. The molecule has 13 heteroatoms. The van der Waals surface area contributed by atoms with Crippen molar-refractivity contribution >= 4 is 31.2 Å². The largest absolute Gasteiger partial charge is 0.497 e. The van der Waals surface area contributed by atoms with E-state index in [0.717, 1.165) is 28.2 Å². The fourth-order valence-electron chi connectivity index (χ4n) is 7.83. The van der Waals surface area contributed by atoms with Crippen molar-refractivity contribution in [3.8, 4) is 11.5 Å². The van der Waals surface area contributed by atoms with Crippen molar-refractivity contribution < 1.29 is 28.3 Å². The number of hydrogen-bond donors (Lipinski definition) is 1. The summed E-state index contributed by atoms with van der Waals surface area (Å²) in [5.41, 5.74) is 3.24. The van der Waals surface area contributed by atoms with Gasteiger partial charge in [-0.3, -0.25) is 14.0 Å². The fraction of sp³-hybridized carbons (Fsp3) is 0.333. The minimum Gasteiger partial charge on any atom is -0.497 e. The molecular formula is C45H51N6O6P. The lowest BCUT2D eigenvalue weighted by atomic mass is 9.80. The van der Waals surface area contributed by atoms with Gasteiger partial charge < -0.3 is 28.8 Å². The summed E-state index contributed by atoms with van der Waals surface area (Å²) in [5.74, 6) is 1.51. The topological polar surface area (TPSA) is 122 Å². The zero-order valence-corrected chi connectivity index (χ0v) is 34.9. The Hall–Kier alpha value is -5.23. The van der Waals surface area contributed by atoms with Crippen LogP contribution >= 0.6 is 8.30 Å². The molecule has 7 rings (SSSR count). The molecule has 4 aromatic carbocycles. The van der Waals surface area contributed by atoms with Crippen LogP contribution in [0.4, 0.5) is 5.82 Å². The molecule has 1 fully saturated rings. The van der Waals surface area contributed by atoms with E-state index in [0.29, 0.717) is 29.0 Å². The van der Waals surface area contributed by atoms with Gasteiger partial charge in [-0.05, 0) is 87.4 Å². The van der Waals surface area contributed by atoms with Gasteiger partial charge in [0, 0.05) is 24.1 Å². The molecule has 1 aliphatic heterocycles. The standard InChI is InChI=1S/C45H51N6O6P/c1-30(2)51(31(3)4)58(7)57-38-26-40(50-29-48-41-42(46-28-47-43(41)50)49-44(52)32-14-10-8-11-15-32)56-39(38)27-55-45(33-16-12-9-13-17-33,34-18-22-36(53-5)23-19-34)35-20-24-37(54-6)25-21-35/h8-25,28-31,38-40H,26-27H2,1-7H3,(H,46,47,49,52)/t38-,39-,40-,58?/m1/s1. The van der Waals surface area contributed by atoms with Gasteiger partial charge in [0.2, 0.25) is 0 Å². The third-order valence-electron chi connectivity index (χ3n) is 10.4. The van der Waals surface area contributed by atoms with Gasteiger partial charge in [0.05, 0.1) is 33.3 Å². The number of imidazole rings is 1. The van der Waals surface area contributed by atoms with Crippen LogP contribution in [0.15, 0.2) is 122 Å². The first-order valence-electron chi connectivity index (χ1n) is 19.5. The second kappa shape index (κ2) is 18.1. The van der Waals surface area contributed by atoms with Gasteiger partial charge in [0.15, 0.2) is 17.0 Å². The van der Waals surface area contributed by atoms with E-state index in [1.165, 1.54) is 6.33 Å². The van der Waals surface area contributed by atoms with Crippen LogP contribution in [0.2, 0.25) is 0 Å². The molecule has 2 aromatic heterocycles. The summed E-state index contributed by atoms with van der Waals surface area (Å²) < 4.78 is 36.8. The van der Waals surface area contributed by atoms with Crippen molar-refractivity contribution in [2.75, 3.05) is 32.8 Å². The van der Waals surface area contributed by atoms with Crippen LogP contribution in [-0.2, 0) is 19.6 Å². The van der Waals surface area contributed by atoms with Gasteiger partial charge in [0.1, 0.15) is 44.1 Å². The van der Waals surface area contributed by atoms with E-state index < -0.39 is 26.2 Å². The minimum absolute atomic E-state index is 0.181. The van der Waals surface area contributed by atoms with Crippen molar-refractivity contribution in [1.82, 2.24) is 24.2 Å². The van der Waals surface area contributed by atoms with Crippen molar-refractivity contribution in [3.05, 3.63) is 144 Å². The zero-order valence-electron chi connectivity index (χ0n) is 34.0. The van der Waals surface area contributed by atoms with E-state index in [1.807, 2.05) is 89.5 Å². The van der Waals surface area contributed by atoms with Crippen molar-refractivity contribution in [1.29, 1.82) is 0 Å². The molecule has 1 saturated heterocycles. The smallest absolute Gasteiger partial charge is 0.256 e. The second-order valence-corrected chi connectivity index (χ2v) is 16.3. The summed E-state index contributed by atoms with van der Waals surface area (Å²) >= 11 is 0. The molecule has 4 atom stereocenters. The SMILES string of the molecule is COc1ccc(C(OC[C@H]2O[C@@H](n3cnc4c(NC(=O)c5ccccc5)ncnc43)C[C@H]2OP(C)N(C(C)C)C(C)C)(c2ccccc2)c2ccc(OC)cc2)cc1. The molecule has 1 aliphatic rings. The van der Waals surface area contributed by atoms with Crippen LogP contribution in [0.5, 0.6) is 11.5 Å². The van der Waals surface area contributed by atoms with Gasteiger partial charge >= 0.3 is 0 Å². The first-order chi connectivity index (χ1) is 28.1. The number of rotatable bonds is 16. The molecule has 0 radical (unpaired) electrons. The Kier molecular flexibility index (Phi) is 12.8. The zero-order chi connectivity index (χ0) is 40.8. The predicted molar refractivity (Wildman–Crippen MR) is 226 cm³/mol. The number of carbonyl (C=O) groups excluding carboxylic acids is 1. The molecule has 1 N–H and O–H groups in total. The summed E-state index contributed by atoms with van der Waals surface area (Å²) in [7, 11) is 2.30. The van der Waals surface area contributed by atoms with Crippen LogP contribution < -0.4 is 14.8 Å². The summed E-state index contributed by atoms with van der Waals surface area (Å²) in [5, 5.41) is 2.91. The number of nitrogens with zero attached hydrogens (tertiary/aromatic N) is 5. The van der Waals surface area contributed by atoms with E-state index in [4.69, 9.17) is 23.5 Å². The highest BCUT2D eigenvalue weighted by Crippen LogP contribution is 2.48. The maximum absolute atomic E-state index is 13.1. The lowest BCUT2D eigenvalue weighted by molar-refractivity contribution is -0.0899. The number of fused-ring (bicyclic) bond motifs is 1. The second-order valence-electron chi connectivity index (χ2n) is 14.7. The van der Waals surface area contributed by atoms with Gasteiger partial charge in [-0.2, -0.15) is 0 Å². The molecule has 0 saturated carbocycles. The molecule has 0 aliphatic carbocycles. The Morgan fingerprint density at radius 1 is 0.828 bits per heavy atom. The molecule has 1 unspecified atom stereocenters. The average Bonchev–Trinajstić information content (AvgIpc) is 3.86. The number of hydrogen-bond acceptors (Lipinski definition) is 10.